The van der Waals surface area contributed by atoms with Crippen LogP contribution in [0.1, 0.15) is 52.1 Å². The first-order chi connectivity index (χ1) is 11.2. The fraction of sp³-hybridized carbons (Fsp3) is 0.556. The lowest BCUT2D eigenvalue weighted by Crippen LogP contribution is -2.48. The van der Waals surface area contributed by atoms with E-state index in [1.165, 1.54) is 4.90 Å². The molecule has 0 aromatic heterocycles. The van der Waals surface area contributed by atoms with Gasteiger partial charge in [0.05, 0.1) is 6.04 Å². The molecule has 0 unspecified atom stereocenters. The van der Waals surface area contributed by atoms with Gasteiger partial charge in [0.2, 0.25) is 5.91 Å². The lowest BCUT2D eigenvalue weighted by atomic mass is 10.1. The topological polar surface area (TPSA) is 58.6 Å². The molecule has 1 aliphatic rings. The number of hydrogen-bond acceptors (Lipinski definition) is 3. The zero-order valence-corrected chi connectivity index (χ0v) is 15.4. The van der Waals surface area contributed by atoms with Crippen LogP contribution < -0.4 is 5.32 Å². The minimum Gasteiger partial charge on any atom is -0.444 e. The Labute approximate surface area is 148 Å². The highest BCUT2D eigenvalue weighted by atomic mass is 35.5. The number of nitrogens with zero attached hydrogens (tertiary/aromatic N) is 1. The van der Waals surface area contributed by atoms with Gasteiger partial charge in [-0.25, -0.2) is 4.79 Å². The van der Waals surface area contributed by atoms with Crippen LogP contribution >= 0.6 is 11.6 Å². The minimum absolute atomic E-state index is 0.152. The summed E-state index contributed by atoms with van der Waals surface area (Å²) in [6, 6.07) is 6.72. The summed E-state index contributed by atoms with van der Waals surface area (Å²) in [5.74, 6) is -0.152. The molecule has 0 saturated carbocycles. The summed E-state index contributed by atoms with van der Waals surface area (Å²) in [7, 11) is 0. The molecule has 132 valence electrons. The summed E-state index contributed by atoms with van der Waals surface area (Å²) in [6.07, 6.45) is 1.02. The molecule has 1 N–H and O–H groups in total. The molecule has 2 amide bonds. The molecule has 1 aromatic rings. The second kappa shape index (κ2) is 7.43. The number of rotatable bonds is 3. The van der Waals surface area contributed by atoms with Gasteiger partial charge in [-0.1, -0.05) is 23.7 Å². The van der Waals surface area contributed by atoms with Crippen LogP contribution in [0.2, 0.25) is 5.02 Å². The number of carbonyl (C=O) groups excluding carboxylic acids is 2. The van der Waals surface area contributed by atoms with Crippen molar-refractivity contribution in [2.75, 3.05) is 6.54 Å². The van der Waals surface area contributed by atoms with Crippen LogP contribution in [0, 0.1) is 0 Å². The third-order valence-corrected chi connectivity index (χ3v) is 4.16. The predicted octanol–water partition coefficient (Wildman–Crippen LogP) is 3.92. The van der Waals surface area contributed by atoms with E-state index in [2.05, 4.69) is 5.32 Å². The maximum Gasteiger partial charge on any atom is 0.410 e. The molecule has 1 aliphatic heterocycles. The number of halogens is 1. The SMILES string of the molecule is C[C@@H](NC(=O)[C@@H]1CCCN1C(=O)OC(C)(C)C)c1ccc(Cl)cc1. The predicted molar refractivity (Wildman–Crippen MR) is 94.0 cm³/mol. The largest absolute Gasteiger partial charge is 0.444 e. The van der Waals surface area contributed by atoms with Crippen LogP contribution in [-0.4, -0.2) is 35.1 Å². The zero-order valence-electron chi connectivity index (χ0n) is 14.6. The van der Waals surface area contributed by atoms with Crippen molar-refractivity contribution in [3.05, 3.63) is 34.9 Å². The van der Waals surface area contributed by atoms with E-state index >= 15 is 0 Å². The van der Waals surface area contributed by atoms with Crippen LogP contribution in [0.4, 0.5) is 4.79 Å². The van der Waals surface area contributed by atoms with Crippen molar-refractivity contribution in [2.45, 2.75) is 58.2 Å². The van der Waals surface area contributed by atoms with Crippen LogP contribution in [-0.2, 0) is 9.53 Å². The number of hydrogen-bond donors (Lipinski definition) is 1. The van der Waals surface area contributed by atoms with Gasteiger partial charge in [0.25, 0.3) is 0 Å². The van der Waals surface area contributed by atoms with Gasteiger partial charge in [-0.15, -0.1) is 0 Å². The highest BCUT2D eigenvalue weighted by Gasteiger charge is 2.36. The Balaban J connectivity index is 2.00. The maximum atomic E-state index is 12.6. The van der Waals surface area contributed by atoms with E-state index in [1.807, 2.05) is 39.8 Å². The summed E-state index contributed by atoms with van der Waals surface area (Å²) in [5.41, 5.74) is 0.395. The Morgan fingerprint density at radius 2 is 1.92 bits per heavy atom. The van der Waals surface area contributed by atoms with Crippen LogP contribution in [0.25, 0.3) is 0 Å². The van der Waals surface area contributed by atoms with Gasteiger partial charge in [-0.3, -0.25) is 9.69 Å². The summed E-state index contributed by atoms with van der Waals surface area (Å²) in [6.45, 7) is 7.91. The van der Waals surface area contributed by atoms with E-state index < -0.39 is 17.7 Å². The Bertz CT molecular complexity index is 595. The highest BCUT2D eigenvalue weighted by molar-refractivity contribution is 6.30. The molecule has 24 heavy (non-hydrogen) atoms. The minimum atomic E-state index is -0.572. The smallest absolute Gasteiger partial charge is 0.410 e. The maximum absolute atomic E-state index is 12.6. The molecule has 1 fully saturated rings. The summed E-state index contributed by atoms with van der Waals surface area (Å²) in [4.78, 5) is 26.4. The lowest BCUT2D eigenvalue weighted by Gasteiger charge is -2.28. The van der Waals surface area contributed by atoms with E-state index in [1.54, 1.807) is 12.1 Å². The van der Waals surface area contributed by atoms with E-state index in [-0.39, 0.29) is 11.9 Å². The standard InChI is InChI=1S/C18H25ClN2O3/c1-12(13-7-9-14(19)10-8-13)20-16(22)15-6-5-11-21(15)17(23)24-18(2,3)4/h7-10,12,15H,5-6,11H2,1-4H3,(H,20,22)/t12-,15+/m1/s1. The Hall–Kier alpha value is -1.75. The first kappa shape index (κ1) is 18.6. The summed E-state index contributed by atoms with van der Waals surface area (Å²) >= 11 is 5.89. The lowest BCUT2D eigenvalue weighted by molar-refractivity contribution is -0.126. The molecule has 0 radical (unpaired) electrons. The molecule has 1 heterocycles. The fourth-order valence-corrected chi connectivity index (χ4v) is 2.85. The van der Waals surface area contributed by atoms with Gasteiger partial charge < -0.3 is 10.1 Å². The van der Waals surface area contributed by atoms with Crippen molar-refractivity contribution in [3.63, 3.8) is 0 Å². The second-order valence-corrected chi connectivity index (χ2v) is 7.55. The van der Waals surface area contributed by atoms with E-state index in [9.17, 15) is 9.59 Å². The molecule has 2 rings (SSSR count). The summed E-state index contributed by atoms with van der Waals surface area (Å²) in [5, 5.41) is 3.63. The average molecular weight is 353 g/mol. The van der Waals surface area contributed by atoms with Crippen molar-refractivity contribution in [1.29, 1.82) is 0 Å². The average Bonchev–Trinajstić information content (AvgIpc) is 2.95. The van der Waals surface area contributed by atoms with Crippen molar-refractivity contribution < 1.29 is 14.3 Å². The monoisotopic (exact) mass is 352 g/mol. The quantitative estimate of drug-likeness (QED) is 0.897. The van der Waals surface area contributed by atoms with Crippen molar-refractivity contribution in [3.8, 4) is 0 Å². The molecule has 2 atom stereocenters. The Morgan fingerprint density at radius 3 is 2.50 bits per heavy atom. The van der Waals surface area contributed by atoms with Crippen LogP contribution in [0.3, 0.4) is 0 Å². The van der Waals surface area contributed by atoms with E-state index in [0.29, 0.717) is 18.0 Å². The number of amides is 2. The van der Waals surface area contributed by atoms with E-state index in [0.717, 1.165) is 12.0 Å². The van der Waals surface area contributed by atoms with Crippen molar-refractivity contribution in [1.82, 2.24) is 10.2 Å². The number of likely N-dealkylation sites (tertiary alicyclic amines) is 1. The molecule has 0 spiro atoms. The Kier molecular flexibility index (Phi) is 5.75. The molecule has 1 saturated heterocycles. The molecule has 5 nitrogen and oxygen atoms in total. The van der Waals surface area contributed by atoms with Crippen LogP contribution in [0.15, 0.2) is 24.3 Å². The Morgan fingerprint density at radius 1 is 1.29 bits per heavy atom. The molecule has 0 bridgehead atoms. The molecule has 1 aromatic carbocycles. The van der Waals surface area contributed by atoms with Gasteiger partial charge in [0.15, 0.2) is 0 Å². The number of ether oxygens (including phenoxy) is 1. The third-order valence-electron chi connectivity index (χ3n) is 3.91. The van der Waals surface area contributed by atoms with Gasteiger partial charge in [-0.05, 0) is 58.2 Å². The number of benzene rings is 1. The van der Waals surface area contributed by atoms with Gasteiger partial charge >= 0.3 is 6.09 Å². The first-order valence-electron chi connectivity index (χ1n) is 8.23. The molecular formula is C18H25ClN2O3. The van der Waals surface area contributed by atoms with Crippen molar-refractivity contribution in [2.24, 2.45) is 0 Å². The molecule has 6 heteroatoms. The molecule has 0 aliphatic carbocycles. The zero-order chi connectivity index (χ0) is 17.9. The second-order valence-electron chi connectivity index (χ2n) is 7.11. The third kappa shape index (κ3) is 4.87. The highest BCUT2D eigenvalue weighted by Crippen LogP contribution is 2.22. The number of carbonyl (C=O) groups is 2. The van der Waals surface area contributed by atoms with Crippen molar-refractivity contribution >= 4 is 23.6 Å². The van der Waals surface area contributed by atoms with Gasteiger partial charge in [-0.2, -0.15) is 0 Å². The van der Waals surface area contributed by atoms with Gasteiger partial charge in [0.1, 0.15) is 11.6 Å². The van der Waals surface area contributed by atoms with E-state index in [4.69, 9.17) is 16.3 Å². The normalized spacial score (nSPS) is 19.0. The first-order valence-corrected chi connectivity index (χ1v) is 8.60. The molecular weight excluding hydrogens is 328 g/mol. The van der Waals surface area contributed by atoms with Crippen LogP contribution in [0.5, 0.6) is 0 Å². The summed E-state index contributed by atoms with van der Waals surface area (Å²) < 4.78 is 5.40. The number of nitrogens with one attached hydrogen (secondary N) is 1. The van der Waals surface area contributed by atoms with Gasteiger partial charge in [0, 0.05) is 11.6 Å². The fourth-order valence-electron chi connectivity index (χ4n) is 2.72.